The molecule has 16 heavy (non-hydrogen) atoms. The van der Waals surface area contributed by atoms with Gasteiger partial charge in [-0.2, -0.15) is 0 Å². The van der Waals surface area contributed by atoms with Gasteiger partial charge < -0.3 is 9.84 Å². The Morgan fingerprint density at radius 1 is 1.38 bits per heavy atom. The van der Waals surface area contributed by atoms with Crippen molar-refractivity contribution in [2.24, 2.45) is 0 Å². The molecule has 2 aromatic rings. The summed E-state index contributed by atoms with van der Waals surface area (Å²) in [5.74, 6) is -0.351. The molecule has 1 heterocycles. The Kier molecular flexibility index (Phi) is 2.38. The van der Waals surface area contributed by atoms with Gasteiger partial charge in [0.15, 0.2) is 0 Å². The molecule has 2 rings (SSSR count). The van der Waals surface area contributed by atoms with Gasteiger partial charge in [-0.15, -0.1) is 0 Å². The molecule has 82 valence electrons. The van der Waals surface area contributed by atoms with E-state index in [1.807, 2.05) is 0 Å². The summed E-state index contributed by atoms with van der Waals surface area (Å²) in [5, 5.41) is 23.9. The highest BCUT2D eigenvalue weighted by molar-refractivity contribution is 5.67. The first-order valence-electron chi connectivity index (χ1n) is 4.24. The number of hydrogen-bond acceptors (Lipinski definition) is 5. The van der Waals surface area contributed by atoms with Crippen LogP contribution in [0.3, 0.4) is 0 Å². The highest BCUT2D eigenvalue weighted by atomic mass is 16.8. The Balaban J connectivity index is 2.46. The van der Waals surface area contributed by atoms with Crippen molar-refractivity contribution >= 4 is 5.82 Å². The lowest BCUT2D eigenvalue weighted by atomic mass is 10.1. The molecular weight excluding hydrogens is 216 g/mol. The summed E-state index contributed by atoms with van der Waals surface area (Å²) in [4.78, 5) is 10.2. The number of nitro groups is 1. The summed E-state index contributed by atoms with van der Waals surface area (Å²) < 4.78 is 4.30. The first-order chi connectivity index (χ1) is 7.68. The Labute approximate surface area is 88.8 Å². The van der Waals surface area contributed by atoms with Gasteiger partial charge >= 0.3 is 5.82 Å². The SMILES string of the molecule is O=[N+]([O-])Nc1c(-c2ccccc2)no[n+]1[O-]. The van der Waals surface area contributed by atoms with E-state index in [-0.39, 0.29) is 16.4 Å². The number of benzene rings is 1. The van der Waals surface area contributed by atoms with Crippen molar-refractivity contribution in [1.82, 2.24) is 5.16 Å². The van der Waals surface area contributed by atoms with E-state index in [0.29, 0.717) is 5.56 Å². The Morgan fingerprint density at radius 3 is 2.69 bits per heavy atom. The molecule has 0 fully saturated rings. The number of nitrogens with one attached hydrogen (secondary N) is 1. The van der Waals surface area contributed by atoms with E-state index < -0.39 is 5.03 Å². The van der Waals surface area contributed by atoms with Crippen LogP contribution in [-0.4, -0.2) is 10.2 Å². The molecule has 0 radical (unpaired) electrons. The quantitative estimate of drug-likeness (QED) is 0.462. The van der Waals surface area contributed by atoms with Crippen LogP contribution in [0.5, 0.6) is 0 Å². The number of hydrazine groups is 1. The minimum Gasteiger partial charge on any atom is -0.391 e. The molecule has 1 aromatic heterocycles. The predicted molar refractivity (Wildman–Crippen MR) is 51.5 cm³/mol. The fraction of sp³-hybridized carbons (Fsp3) is 0. The second-order valence-corrected chi connectivity index (χ2v) is 2.86. The third kappa shape index (κ3) is 1.75. The Morgan fingerprint density at radius 2 is 2.06 bits per heavy atom. The van der Waals surface area contributed by atoms with E-state index in [9.17, 15) is 15.3 Å². The Hall–Kier alpha value is -2.64. The molecule has 8 nitrogen and oxygen atoms in total. The van der Waals surface area contributed by atoms with Crippen LogP contribution in [-0.2, 0) is 0 Å². The molecule has 0 spiro atoms. The third-order valence-electron chi connectivity index (χ3n) is 1.86. The van der Waals surface area contributed by atoms with Gasteiger partial charge in [-0.25, -0.2) is 10.1 Å². The lowest BCUT2D eigenvalue weighted by molar-refractivity contribution is -0.794. The van der Waals surface area contributed by atoms with E-state index in [4.69, 9.17) is 0 Å². The zero-order valence-corrected chi connectivity index (χ0v) is 7.86. The molecular formula is C8H6N4O4. The molecule has 0 aliphatic rings. The lowest BCUT2D eigenvalue weighted by Gasteiger charge is -1.94. The summed E-state index contributed by atoms with van der Waals surface area (Å²) in [6.45, 7) is 0. The standard InChI is InChI=1S/C8H6N4O4/c13-11-8(9-12(14)15)7(10-16-11)6-4-2-1-3-5-6/h1-5,9H. The highest BCUT2D eigenvalue weighted by Crippen LogP contribution is 2.22. The van der Waals surface area contributed by atoms with Gasteiger partial charge in [0.1, 0.15) is 0 Å². The van der Waals surface area contributed by atoms with Gasteiger partial charge in [0, 0.05) is 5.56 Å². The number of aromatic nitrogens is 2. The fourth-order valence-corrected chi connectivity index (χ4v) is 1.21. The third-order valence-corrected chi connectivity index (χ3v) is 1.86. The van der Waals surface area contributed by atoms with Gasteiger partial charge in [0.05, 0.1) is 0 Å². The molecule has 0 atom stereocenters. The van der Waals surface area contributed by atoms with E-state index in [1.165, 1.54) is 0 Å². The van der Waals surface area contributed by atoms with Crippen molar-refractivity contribution in [3.63, 3.8) is 0 Å². The number of hydrogen-bond donors (Lipinski definition) is 1. The average molecular weight is 222 g/mol. The van der Waals surface area contributed by atoms with Crippen molar-refractivity contribution in [3.05, 3.63) is 45.7 Å². The summed E-state index contributed by atoms with van der Waals surface area (Å²) in [6.07, 6.45) is 0. The topological polar surface area (TPSA) is 108 Å². The lowest BCUT2D eigenvalue weighted by Crippen LogP contribution is -2.29. The van der Waals surface area contributed by atoms with Crippen molar-refractivity contribution in [2.45, 2.75) is 0 Å². The number of rotatable bonds is 3. The van der Waals surface area contributed by atoms with Crippen molar-refractivity contribution in [2.75, 3.05) is 5.43 Å². The monoisotopic (exact) mass is 222 g/mol. The minimum atomic E-state index is -0.854. The molecule has 1 N–H and O–H groups in total. The van der Waals surface area contributed by atoms with Crippen LogP contribution in [0.15, 0.2) is 35.0 Å². The Bertz CT molecular complexity index is 510. The molecule has 0 amide bonds. The maximum atomic E-state index is 11.1. The second-order valence-electron chi connectivity index (χ2n) is 2.86. The van der Waals surface area contributed by atoms with Crippen LogP contribution in [0.4, 0.5) is 5.82 Å². The summed E-state index contributed by atoms with van der Waals surface area (Å²) in [7, 11) is 0. The summed E-state index contributed by atoms with van der Waals surface area (Å²) in [6, 6.07) is 8.52. The molecule has 0 aliphatic heterocycles. The second kappa shape index (κ2) is 3.85. The maximum Gasteiger partial charge on any atom is 0.365 e. The first-order valence-corrected chi connectivity index (χ1v) is 4.24. The number of anilines is 1. The van der Waals surface area contributed by atoms with Crippen molar-refractivity contribution < 1.29 is 14.6 Å². The van der Waals surface area contributed by atoms with E-state index in [0.717, 1.165) is 0 Å². The first kappa shape index (κ1) is 9.90. The van der Waals surface area contributed by atoms with Crippen LogP contribution in [0.2, 0.25) is 0 Å². The molecule has 0 aliphatic carbocycles. The zero-order chi connectivity index (χ0) is 11.5. The molecule has 8 heteroatoms. The van der Waals surface area contributed by atoms with Crippen molar-refractivity contribution in [3.8, 4) is 11.3 Å². The van der Waals surface area contributed by atoms with Crippen LogP contribution < -0.4 is 10.3 Å². The van der Waals surface area contributed by atoms with E-state index in [2.05, 4.69) is 9.79 Å². The molecule has 0 bridgehead atoms. The molecule has 0 saturated carbocycles. The minimum absolute atomic E-state index is 0.0505. The summed E-state index contributed by atoms with van der Waals surface area (Å²) in [5.41, 5.74) is 2.37. The zero-order valence-electron chi connectivity index (χ0n) is 7.86. The smallest absolute Gasteiger partial charge is 0.365 e. The van der Waals surface area contributed by atoms with Crippen LogP contribution in [0, 0.1) is 15.3 Å². The maximum absolute atomic E-state index is 11.1. The van der Waals surface area contributed by atoms with Crippen LogP contribution in [0.25, 0.3) is 11.3 Å². The van der Waals surface area contributed by atoms with Gasteiger partial charge in [0.25, 0.3) is 0 Å². The fourth-order valence-electron chi connectivity index (χ4n) is 1.21. The van der Waals surface area contributed by atoms with Gasteiger partial charge in [-0.3, -0.25) is 0 Å². The van der Waals surface area contributed by atoms with Crippen molar-refractivity contribution in [1.29, 1.82) is 0 Å². The average Bonchev–Trinajstić information content (AvgIpc) is 2.61. The molecule has 0 unspecified atom stereocenters. The normalized spacial score (nSPS) is 10.0. The van der Waals surface area contributed by atoms with Gasteiger partial charge in [-0.1, -0.05) is 35.2 Å². The molecule has 0 saturated heterocycles. The van der Waals surface area contributed by atoms with E-state index >= 15 is 0 Å². The van der Waals surface area contributed by atoms with E-state index in [1.54, 1.807) is 35.8 Å². The van der Waals surface area contributed by atoms with Gasteiger partial charge in [-0.05, 0) is 10.6 Å². The largest absolute Gasteiger partial charge is 0.391 e. The van der Waals surface area contributed by atoms with Crippen LogP contribution >= 0.6 is 0 Å². The van der Waals surface area contributed by atoms with Gasteiger partial charge in [0.2, 0.25) is 10.7 Å². The number of nitrogens with zero attached hydrogens (tertiary/aromatic N) is 3. The van der Waals surface area contributed by atoms with Crippen LogP contribution in [0.1, 0.15) is 0 Å². The summed E-state index contributed by atoms with van der Waals surface area (Å²) >= 11 is 0. The predicted octanol–water partition coefficient (Wildman–Crippen LogP) is 0.579. The highest BCUT2D eigenvalue weighted by Gasteiger charge is 2.23. The molecule has 1 aromatic carbocycles.